The number of aromatic amines is 1. The summed E-state index contributed by atoms with van der Waals surface area (Å²) in [5.74, 6) is -1.49. The fraction of sp³-hybridized carbons (Fsp3) is 0.375. The quantitative estimate of drug-likeness (QED) is 0.817. The van der Waals surface area contributed by atoms with Crippen LogP contribution in [0, 0.1) is 0 Å². The van der Waals surface area contributed by atoms with Gasteiger partial charge in [-0.15, -0.1) is 13.2 Å². The summed E-state index contributed by atoms with van der Waals surface area (Å²) in [5.41, 5.74) is -0.977. The van der Waals surface area contributed by atoms with Crippen molar-refractivity contribution in [3.05, 3.63) is 22.0 Å². The fourth-order valence-corrected chi connectivity index (χ4v) is 1.03. The molecule has 90 valence electrons. The monoisotopic (exact) mass is 239 g/mol. The van der Waals surface area contributed by atoms with E-state index in [2.05, 4.69) is 14.5 Å². The smallest absolute Gasteiger partial charge is 0.488 e. The first kappa shape index (κ1) is 12.4. The Hall–Kier alpha value is -1.70. The number of pyridine rings is 1. The minimum absolute atomic E-state index is 0.119. The predicted molar refractivity (Wildman–Crippen MR) is 46.2 cm³/mol. The molecule has 1 rings (SSSR count). The van der Waals surface area contributed by atoms with Gasteiger partial charge in [0.05, 0.1) is 13.7 Å². The Morgan fingerprint density at radius 1 is 1.50 bits per heavy atom. The molecule has 16 heavy (non-hydrogen) atoms. The second kappa shape index (κ2) is 4.44. The number of aromatic nitrogens is 1. The second-order valence-electron chi connectivity index (χ2n) is 2.71. The Bertz CT molecular complexity index is 426. The molecule has 0 aliphatic rings. The summed E-state index contributed by atoms with van der Waals surface area (Å²) >= 11 is 0. The SMILES string of the molecule is COc1c(OC(F)(F)F)[nH]cc(CO)c1=O. The van der Waals surface area contributed by atoms with Gasteiger partial charge in [-0.25, -0.2) is 0 Å². The van der Waals surface area contributed by atoms with Crippen LogP contribution in [0.5, 0.6) is 11.6 Å². The molecule has 0 spiro atoms. The molecule has 0 saturated carbocycles. The molecule has 2 N–H and O–H groups in total. The summed E-state index contributed by atoms with van der Waals surface area (Å²) in [5, 5.41) is 8.72. The lowest BCUT2D eigenvalue weighted by Crippen LogP contribution is -2.21. The van der Waals surface area contributed by atoms with Crippen molar-refractivity contribution in [1.29, 1.82) is 0 Å². The average Bonchev–Trinajstić information content (AvgIpc) is 2.16. The van der Waals surface area contributed by atoms with E-state index in [1.165, 1.54) is 0 Å². The predicted octanol–water partition coefficient (Wildman–Crippen LogP) is 0.774. The molecule has 1 aromatic heterocycles. The van der Waals surface area contributed by atoms with Gasteiger partial charge in [-0.3, -0.25) is 4.79 Å². The van der Waals surface area contributed by atoms with Gasteiger partial charge in [-0.1, -0.05) is 0 Å². The maximum Gasteiger partial charge on any atom is 0.574 e. The molecule has 1 heterocycles. The van der Waals surface area contributed by atoms with Crippen molar-refractivity contribution in [2.75, 3.05) is 7.11 Å². The van der Waals surface area contributed by atoms with Gasteiger partial charge in [0.2, 0.25) is 17.1 Å². The van der Waals surface area contributed by atoms with E-state index in [-0.39, 0.29) is 5.56 Å². The Balaban J connectivity index is 3.21. The van der Waals surface area contributed by atoms with Crippen LogP contribution in [0.25, 0.3) is 0 Å². The fourth-order valence-electron chi connectivity index (χ4n) is 1.03. The lowest BCUT2D eigenvalue weighted by molar-refractivity contribution is -0.276. The Morgan fingerprint density at radius 3 is 2.56 bits per heavy atom. The van der Waals surface area contributed by atoms with Gasteiger partial charge in [0.15, 0.2) is 0 Å². The van der Waals surface area contributed by atoms with E-state index in [4.69, 9.17) is 5.11 Å². The molecule has 0 amide bonds. The van der Waals surface area contributed by atoms with E-state index in [1.54, 1.807) is 0 Å². The van der Waals surface area contributed by atoms with Gasteiger partial charge < -0.3 is 19.6 Å². The van der Waals surface area contributed by atoms with Crippen molar-refractivity contribution in [1.82, 2.24) is 4.98 Å². The second-order valence-corrected chi connectivity index (χ2v) is 2.71. The lowest BCUT2D eigenvalue weighted by atomic mass is 10.3. The molecule has 5 nitrogen and oxygen atoms in total. The highest BCUT2D eigenvalue weighted by Gasteiger charge is 2.33. The van der Waals surface area contributed by atoms with Gasteiger partial charge in [-0.05, 0) is 0 Å². The summed E-state index contributed by atoms with van der Waals surface area (Å²) < 4.78 is 43.8. The van der Waals surface area contributed by atoms with Crippen molar-refractivity contribution >= 4 is 0 Å². The molecule has 0 aromatic carbocycles. The minimum atomic E-state index is -4.93. The largest absolute Gasteiger partial charge is 0.574 e. The van der Waals surface area contributed by atoms with Crippen LogP contribution < -0.4 is 14.9 Å². The minimum Gasteiger partial charge on any atom is -0.488 e. The molecule has 0 atom stereocenters. The Morgan fingerprint density at radius 2 is 2.12 bits per heavy atom. The molecule has 0 fully saturated rings. The van der Waals surface area contributed by atoms with Gasteiger partial charge in [0.25, 0.3) is 0 Å². The molecule has 0 aliphatic heterocycles. The number of methoxy groups -OCH3 is 1. The van der Waals surface area contributed by atoms with Gasteiger partial charge >= 0.3 is 6.36 Å². The number of nitrogens with one attached hydrogen (secondary N) is 1. The molecular weight excluding hydrogens is 231 g/mol. The topological polar surface area (TPSA) is 71.6 Å². The number of halogens is 3. The van der Waals surface area contributed by atoms with Crippen LogP contribution in [-0.2, 0) is 6.61 Å². The van der Waals surface area contributed by atoms with Crippen LogP contribution in [0.15, 0.2) is 11.0 Å². The van der Waals surface area contributed by atoms with Crippen molar-refractivity contribution in [2.45, 2.75) is 13.0 Å². The van der Waals surface area contributed by atoms with E-state index >= 15 is 0 Å². The highest BCUT2D eigenvalue weighted by Crippen LogP contribution is 2.27. The number of rotatable bonds is 3. The van der Waals surface area contributed by atoms with Crippen LogP contribution in [0.4, 0.5) is 13.2 Å². The molecule has 0 unspecified atom stereocenters. The molecule has 0 aliphatic carbocycles. The van der Waals surface area contributed by atoms with Crippen LogP contribution >= 0.6 is 0 Å². The Labute approximate surface area is 87.4 Å². The van der Waals surface area contributed by atoms with Crippen LogP contribution in [0.3, 0.4) is 0 Å². The number of ether oxygens (including phenoxy) is 2. The Kier molecular flexibility index (Phi) is 3.43. The van der Waals surface area contributed by atoms with Crippen LogP contribution in [0.1, 0.15) is 5.56 Å². The standard InChI is InChI=1S/C8H8F3NO4/c1-15-6-5(14)4(3-13)2-12-7(6)16-8(9,10)11/h2,13H,3H2,1H3,(H,12,14). The average molecular weight is 239 g/mol. The van der Waals surface area contributed by atoms with Crippen molar-refractivity contribution in [2.24, 2.45) is 0 Å². The normalized spacial score (nSPS) is 11.3. The first-order valence-corrected chi connectivity index (χ1v) is 4.04. The summed E-state index contributed by atoms with van der Waals surface area (Å²) in [6.07, 6.45) is -4.01. The van der Waals surface area contributed by atoms with E-state index in [1.807, 2.05) is 0 Å². The zero-order chi connectivity index (χ0) is 12.3. The zero-order valence-electron chi connectivity index (χ0n) is 8.09. The number of aliphatic hydroxyl groups is 1. The highest BCUT2D eigenvalue weighted by molar-refractivity contribution is 5.36. The van der Waals surface area contributed by atoms with Crippen molar-refractivity contribution < 1.29 is 27.8 Å². The van der Waals surface area contributed by atoms with E-state index < -0.39 is 30.0 Å². The molecular formula is C8H8F3NO4. The summed E-state index contributed by atoms with van der Waals surface area (Å²) in [4.78, 5) is 13.5. The molecule has 8 heteroatoms. The molecule has 0 saturated heterocycles. The number of H-pyrrole nitrogens is 1. The summed E-state index contributed by atoms with van der Waals surface area (Å²) in [7, 11) is 1.02. The van der Waals surface area contributed by atoms with E-state index in [0.29, 0.717) is 0 Å². The number of hydrogen-bond donors (Lipinski definition) is 2. The molecule has 0 radical (unpaired) electrons. The third-order valence-electron chi connectivity index (χ3n) is 1.67. The van der Waals surface area contributed by atoms with Crippen LogP contribution in [-0.4, -0.2) is 23.6 Å². The number of hydrogen-bond acceptors (Lipinski definition) is 4. The van der Waals surface area contributed by atoms with E-state index in [9.17, 15) is 18.0 Å². The highest BCUT2D eigenvalue weighted by atomic mass is 19.4. The lowest BCUT2D eigenvalue weighted by Gasteiger charge is -2.12. The zero-order valence-corrected chi connectivity index (χ0v) is 8.09. The third-order valence-corrected chi connectivity index (χ3v) is 1.67. The van der Waals surface area contributed by atoms with Gasteiger partial charge in [0.1, 0.15) is 0 Å². The van der Waals surface area contributed by atoms with Gasteiger partial charge in [-0.2, -0.15) is 0 Å². The maximum absolute atomic E-state index is 11.9. The van der Waals surface area contributed by atoms with E-state index in [0.717, 1.165) is 13.3 Å². The number of aliphatic hydroxyl groups excluding tert-OH is 1. The van der Waals surface area contributed by atoms with Crippen molar-refractivity contribution in [3.63, 3.8) is 0 Å². The summed E-state index contributed by atoms with van der Waals surface area (Å²) in [6.45, 7) is -0.613. The number of alkyl halides is 3. The van der Waals surface area contributed by atoms with Crippen LogP contribution in [0.2, 0.25) is 0 Å². The van der Waals surface area contributed by atoms with Crippen molar-refractivity contribution in [3.8, 4) is 11.6 Å². The maximum atomic E-state index is 11.9. The third kappa shape index (κ3) is 2.66. The van der Waals surface area contributed by atoms with Gasteiger partial charge in [0, 0.05) is 11.8 Å². The molecule has 1 aromatic rings. The molecule has 0 bridgehead atoms. The first-order chi connectivity index (χ1) is 7.39. The summed E-state index contributed by atoms with van der Waals surface area (Å²) in [6, 6.07) is 0. The first-order valence-electron chi connectivity index (χ1n) is 4.04.